The molecule has 1 aromatic rings. The van der Waals surface area contributed by atoms with Crippen molar-refractivity contribution in [2.24, 2.45) is 0 Å². The lowest BCUT2D eigenvalue weighted by Crippen LogP contribution is -2.16. The number of nitrogens with one attached hydrogen (secondary N) is 1. The molecule has 0 fully saturated rings. The Morgan fingerprint density at radius 3 is 2.68 bits per heavy atom. The molecule has 5 nitrogen and oxygen atoms in total. The second-order valence-corrected chi connectivity index (χ2v) is 6.22. The zero-order chi connectivity index (χ0) is 14.4. The molecule has 1 heterocycles. The van der Waals surface area contributed by atoms with Crippen molar-refractivity contribution in [1.82, 2.24) is 0 Å². The Balaban J connectivity index is 2.64. The second-order valence-electron chi connectivity index (χ2n) is 3.89. The Bertz CT molecular complexity index is 471. The molecule has 7 heteroatoms. The van der Waals surface area contributed by atoms with Crippen LogP contribution in [0, 0.1) is 13.8 Å². The Morgan fingerprint density at radius 2 is 2.11 bits per heavy atom. The van der Waals surface area contributed by atoms with E-state index in [1.54, 1.807) is 14.0 Å². The fourth-order valence-electron chi connectivity index (χ4n) is 1.44. The number of thioether (sulfide) groups is 1. The van der Waals surface area contributed by atoms with Gasteiger partial charge in [-0.2, -0.15) is 0 Å². The topological polar surface area (TPSA) is 75.6 Å². The third-order valence-electron chi connectivity index (χ3n) is 2.52. The van der Waals surface area contributed by atoms with Gasteiger partial charge in [0.25, 0.3) is 0 Å². The number of thiophene rings is 1. The van der Waals surface area contributed by atoms with Crippen LogP contribution < -0.4 is 5.32 Å². The predicted octanol–water partition coefficient (Wildman–Crippen LogP) is 2.38. The molecule has 1 rings (SSSR count). The number of hydrogen-bond donors (Lipinski definition) is 2. The van der Waals surface area contributed by atoms with Crippen LogP contribution in [0.3, 0.4) is 0 Å². The summed E-state index contributed by atoms with van der Waals surface area (Å²) < 4.78 is 4.88. The monoisotopic (exact) mass is 303 g/mol. The molecule has 1 amide bonds. The van der Waals surface area contributed by atoms with Crippen LogP contribution in [0.2, 0.25) is 0 Å². The van der Waals surface area contributed by atoms with Crippen molar-refractivity contribution in [3.63, 3.8) is 0 Å². The highest BCUT2D eigenvalue weighted by atomic mass is 32.2. The minimum absolute atomic E-state index is 0.190. The van der Waals surface area contributed by atoms with E-state index in [0.29, 0.717) is 22.9 Å². The largest absolute Gasteiger partial charge is 0.478 e. The molecule has 0 atom stereocenters. The van der Waals surface area contributed by atoms with Gasteiger partial charge in [0.2, 0.25) is 5.91 Å². The minimum atomic E-state index is -1.01. The number of hydrogen-bond acceptors (Lipinski definition) is 5. The first-order chi connectivity index (χ1) is 8.97. The number of carbonyl (C=O) groups is 2. The number of rotatable bonds is 7. The highest BCUT2D eigenvalue weighted by Crippen LogP contribution is 2.32. The molecular formula is C12H17NO4S2. The Hall–Kier alpha value is -1.05. The summed E-state index contributed by atoms with van der Waals surface area (Å²) in [6.45, 7) is 4.18. The van der Waals surface area contributed by atoms with Gasteiger partial charge in [-0.15, -0.1) is 23.1 Å². The fourth-order valence-corrected chi connectivity index (χ4v) is 3.20. The quantitative estimate of drug-likeness (QED) is 0.756. The molecule has 0 unspecified atom stereocenters. The molecule has 0 aliphatic rings. The van der Waals surface area contributed by atoms with Crippen LogP contribution in [0.1, 0.15) is 20.8 Å². The molecular weight excluding hydrogens is 286 g/mol. The number of carbonyl (C=O) groups excluding carboxylic acids is 1. The molecule has 0 bridgehead atoms. The molecule has 0 saturated carbocycles. The van der Waals surface area contributed by atoms with Crippen LogP contribution in [-0.2, 0) is 9.53 Å². The van der Waals surface area contributed by atoms with E-state index in [1.165, 1.54) is 23.1 Å². The van der Waals surface area contributed by atoms with Gasteiger partial charge in [-0.1, -0.05) is 0 Å². The van der Waals surface area contributed by atoms with E-state index in [2.05, 4.69) is 5.32 Å². The van der Waals surface area contributed by atoms with Gasteiger partial charge in [-0.05, 0) is 19.4 Å². The number of carboxylic acid groups (broad SMARTS) is 1. The molecule has 1 aromatic heterocycles. The van der Waals surface area contributed by atoms with Gasteiger partial charge >= 0.3 is 5.97 Å². The molecule has 0 spiro atoms. The molecule has 0 aliphatic carbocycles. The average Bonchev–Trinajstić information content (AvgIpc) is 2.60. The first-order valence-corrected chi connectivity index (χ1v) is 7.64. The third kappa shape index (κ3) is 4.52. The van der Waals surface area contributed by atoms with Crippen molar-refractivity contribution in [3.8, 4) is 0 Å². The first-order valence-electron chi connectivity index (χ1n) is 5.67. The van der Waals surface area contributed by atoms with Crippen LogP contribution in [-0.4, -0.2) is 42.2 Å². The second kappa shape index (κ2) is 7.52. The summed E-state index contributed by atoms with van der Waals surface area (Å²) in [6, 6.07) is 0. The summed E-state index contributed by atoms with van der Waals surface area (Å²) in [6.07, 6.45) is 0. The van der Waals surface area contributed by atoms with Crippen molar-refractivity contribution in [2.75, 3.05) is 30.5 Å². The summed E-state index contributed by atoms with van der Waals surface area (Å²) in [7, 11) is 1.61. The number of carboxylic acids is 1. The zero-order valence-electron chi connectivity index (χ0n) is 11.1. The summed E-state index contributed by atoms with van der Waals surface area (Å²) in [5, 5.41) is 12.2. The first kappa shape index (κ1) is 16.0. The van der Waals surface area contributed by atoms with E-state index in [1.807, 2.05) is 6.92 Å². The van der Waals surface area contributed by atoms with Crippen molar-refractivity contribution < 1.29 is 19.4 Å². The highest BCUT2D eigenvalue weighted by Gasteiger charge is 2.20. The lowest BCUT2D eigenvalue weighted by atomic mass is 10.1. The SMILES string of the molecule is COCCSCC(=O)Nc1sc(C)c(C)c1C(=O)O. The molecule has 2 N–H and O–H groups in total. The van der Waals surface area contributed by atoms with E-state index >= 15 is 0 Å². The van der Waals surface area contributed by atoms with Gasteiger partial charge < -0.3 is 15.2 Å². The lowest BCUT2D eigenvalue weighted by molar-refractivity contribution is -0.113. The smallest absolute Gasteiger partial charge is 0.338 e. The number of anilines is 1. The molecule has 106 valence electrons. The lowest BCUT2D eigenvalue weighted by Gasteiger charge is -2.04. The maximum absolute atomic E-state index is 11.7. The third-order valence-corrected chi connectivity index (χ3v) is 4.56. The Labute approximate surface area is 120 Å². The standard InChI is InChI=1S/C12H17NO4S2/c1-7-8(2)19-11(10(7)12(15)16)13-9(14)6-18-5-4-17-3/h4-6H2,1-3H3,(H,13,14)(H,15,16). The average molecular weight is 303 g/mol. The molecule has 19 heavy (non-hydrogen) atoms. The highest BCUT2D eigenvalue weighted by molar-refractivity contribution is 7.99. The van der Waals surface area contributed by atoms with Gasteiger partial charge in [0.15, 0.2) is 0 Å². The number of aromatic carboxylic acids is 1. The van der Waals surface area contributed by atoms with E-state index in [0.717, 1.165) is 10.6 Å². The number of ether oxygens (including phenoxy) is 1. The number of aryl methyl sites for hydroxylation is 1. The van der Waals surface area contributed by atoms with Gasteiger partial charge in [-0.25, -0.2) is 4.79 Å². The summed E-state index contributed by atoms with van der Waals surface area (Å²) >= 11 is 2.75. The zero-order valence-corrected chi connectivity index (χ0v) is 12.7. The maximum atomic E-state index is 11.7. The van der Waals surface area contributed by atoms with Gasteiger partial charge in [0.05, 0.1) is 17.9 Å². The van der Waals surface area contributed by atoms with Crippen molar-refractivity contribution in [1.29, 1.82) is 0 Å². The van der Waals surface area contributed by atoms with Crippen LogP contribution in [0.25, 0.3) is 0 Å². The Kier molecular flexibility index (Phi) is 6.33. The van der Waals surface area contributed by atoms with Gasteiger partial charge in [-0.3, -0.25) is 4.79 Å². The van der Waals surface area contributed by atoms with Crippen molar-refractivity contribution >= 4 is 40.0 Å². The maximum Gasteiger partial charge on any atom is 0.338 e. The van der Waals surface area contributed by atoms with E-state index in [-0.39, 0.29) is 11.5 Å². The van der Waals surface area contributed by atoms with Crippen molar-refractivity contribution in [3.05, 3.63) is 16.0 Å². The van der Waals surface area contributed by atoms with E-state index in [9.17, 15) is 9.59 Å². The molecule has 0 radical (unpaired) electrons. The number of amides is 1. The summed E-state index contributed by atoms with van der Waals surface area (Å²) in [5.41, 5.74) is 0.901. The van der Waals surface area contributed by atoms with Gasteiger partial charge in [0.1, 0.15) is 5.00 Å². The van der Waals surface area contributed by atoms with Crippen molar-refractivity contribution in [2.45, 2.75) is 13.8 Å². The fraction of sp³-hybridized carbons (Fsp3) is 0.500. The molecule has 0 aromatic carbocycles. The van der Waals surface area contributed by atoms with Crippen LogP contribution >= 0.6 is 23.1 Å². The molecule has 0 saturated heterocycles. The normalized spacial score (nSPS) is 10.5. The Morgan fingerprint density at radius 1 is 1.42 bits per heavy atom. The van der Waals surface area contributed by atoms with E-state index in [4.69, 9.17) is 9.84 Å². The summed E-state index contributed by atoms with van der Waals surface area (Å²) in [4.78, 5) is 23.8. The van der Waals surface area contributed by atoms with Crippen LogP contribution in [0.4, 0.5) is 5.00 Å². The molecule has 0 aliphatic heterocycles. The summed E-state index contributed by atoms with van der Waals surface area (Å²) in [5.74, 6) is -0.176. The van der Waals surface area contributed by atoms with Crippen LogP contribution in [0.5, 0.6) is 0 Å². The predicted molar refractivity (Wildman–Crippen MR) is 78.6 cm³/mol. The minimum Gasteiger partial charge on any atom is -0.478 e. The van der Waals surface area contributed by atoms with E-state index < -0.39 is 5.97 Å². The van der Waals surface area contributed by atoms with Gasteiger partial charge in [0, 0.05) is 17.7 Å². The number of methoxy groups -OCH3 is 1. The van der Waals surface area contributed by atoms with Crippen LogP contribution in [0.15, 0.2) is 0 Å².